The Morgan fingerprint density at radius 3 is 1.62 bits per heavy atom. The van der Waals surface area contributed by atoms with Gasteiger partial charge < -0.3 is 14.3 Å². The van der Waals surface area contributed by atoms with Crippen LogP contribution in [-0.2, 0) is 23.9 Å². The molecule has 1 aromatic carbocycles. The smallest absolute Gasteiger partial charge is 0.321 e. The summed E-state index contributed by atoms with van der Waals surface area (Å²) in [4.78, 5) is 37.5. The number of carbonyl (C=O) groups is 3. The number of carbonyl (C=O) groups excluding carboxylic acids is 3. The monoisotopic (exact) mass is 362 g/mol. The molecule has 1 unspecified atom stereocenters. The van der Waals surface area contributed by atoms with Crippen LogP contribution in [0, 0.1) is 5.92 Å². The molecular weight excluding hydrogens is 332 g/mol. The lowest BCUT2D eigenvalue weighted by Crippen LogP contribution is -2.40. The zero-order valence-electron chi connectivity index (χ0n) is 16.8. The first-order valence-electron chi connectivity index (χ1n) is 8.80. The molecule has 0 saturated heterocycles. The summed E-state index contributed by atoms with van der Waals surface area (Å²) in [7, 11) is 0. The zero-order valence-corrected chi connectivity index (χ0v) is 16.8. The molecular formula is C21H30O5. The van der Waals surface area contributed by atoms with Gasteiger partial charge in [-0.05, 0) is 54.0 Å². The molecule has 0 aliphatic rings. The van der Waals surface area contributed by atoms with Gasteiger partial charge in [-0.2, -0.15) is 0 Å². The summed E-state index contributed by atoms with van der Waals surface area (Å²) in [6.07, 6.45) is 0.0488. The molecule has 26 heavy (non-hydrogen) atoms. The molecule has 0 heterocycles. The molecule has 0 N–H and O–H groups in total. The van der Waals surface area contributed by atoms with E-state index in [9.17, 15) is 14.4 Å². The quantitative estimate of drug-likeness (QED) is 0.564. The Labute approximate surface area is 156 Å². The fraction of sp³-hybridized carbons (Fsp3) is 0.571. The fourth-order valence-electron chi connectivity index (χ4n) is 2.59. The lowest BCUT2D eigenvalue weighted by molar-refractivity contribution is -0.175. The number of hydrogen-bond donors (Lipinski definition) is 0. The van der Waals surface area contributed by atoms with Crippen molar-refractivity contribution >= 4 is 17.7 Å². The Bertz CT molecular complexity index is 607. The average molecular weight is 362 g/mol. The fourth-order valence-corrected chi connectivity index (χ4v) is 2.59. The van der Waals surface area contributed by atoms with E-state index in [1.165, 1.54) is 6.92 Å². The summed E-state index contributed by atoms with van der Waals surface area (Å²) in [5, 5.41) is 0. The highest BCUT2D eigenvalue weighted by Crippen LogP contribution is 2.33. The second-order valence-electron chi connectivity index (χ2n) is 8.47. The SMILES string of the molecule is CC(=O)CC(c1ccccc1)C(C(=O)OC(C)(C)C)C(=O)OC(C)(C)C. The largest absolute Gasteiger partial charge is 0.459 e. The van der Waals surface area contributed by atoms with E-state index in [0.717, 1.165) is 5.56 Å². The van der Waals surface area contributed by atoms with Crippen LogP contribution in [0.25, 0.3) is 0 Å². The number of hydrogen-bond acceptors (Lipinski definition) is 5. The highest BCUT2D eigenvalue weighted by atomic mass is 16.6. The molecule has 0 radical (unpaired) electrons. The van der Waals surface area contributed by atoms with Gasteiger partial charge >= 0.3 is 11.9 Å². The number of rotatable bonds is 6. The predicted molar refractivity (Wildman–Crippen MR) is 99.7 cm³/mol. The molecule has 0 amide bonds. The van der Waals surface area contributed by atoms with Crippen molar-refractivity contribution in [3.05, 3.63) is 35.9 Å². The number of benzene rings is 1. The summed E-state index contributed by atoms with van der Waals surface area (Å²) >= 11 is 0. The molecule has 0 fully saturated rings. The molecule has 0 aliphatic heterocycles. The maximum atomic E-state index is 12.8. The summed E-state index contributed by atoms with van der Waals surface area (Å²) in [6.45, 7) is 11.9. The lowest BCUT2D eigenvalue weighted by Gasteiger charge is -2.30. The first kappa shape index (κ1) is 21.9. The van der Waals surface area contributed by atoms with Gasteiger partial charge in [0.1, 0.15) is 17.0 Å². The van der Waals surface area contributed by atoms with Crippen molar-refractivity contribution in [2.45, 2.75) is 72.0 Å². The molecule has 0 saturated carbocycles. The van der Waals surface area contributed by atoms with E-state index in [4.69, 9.17) is 9.47 Å². The van der Waals surface area contributed by atoms with Gasteiger partial charge in [0.05, 0.1) is 0 Å². The van der Waals surface area contributed by atoms with Crippen LogP contribution in [0.3, 0.4) is 0 Å². The summed E-state index contributed by atoms with van der Waals surface area (Å²) in [5.74, 6) is -3.32. The van der Waals surface area contributed by atoms with E-state index in [1.807, 2.05) is 18.2 Å². The van der Waals surface area contributed by atoms with Crippen LogP contribution in [0.5, 0.6) is 0 Å². The van der Waals surface area contributed by atoms with Crippen molar-refractivity contribution in [3.63, 3.8) is 0 Å². The summed E-state index contributed by atoms with van der Waals surface area (Å²) in [6, 6.07) is 9.06. The number of Topliss-reactive ketones (excluding diaryl/α,β-unsaturated/α-hetero) is 1. The molecule has 0 bridgehead atoms. The van der Waals surface area contributed by atoms with E-state index in [-0.39, 0.29) is 12.2 Å². The molecule has 1 aromatic rings. The van der Waals surface area contributed by atoms with E-state index < -0.39 is 35.0 Å². The van der Waals surface area contributed by atoms with Crippen LogP contribution in [0.2, 0.25) is 0 Å². The van der Waals surface area contributed by atoms with Crippen molar-refractivity contribution in [2.75, 3.05) is 0 Å². The van der Waals surface area contributed by atoms with Crippen LogP contribution in [0.4, 0.5) is 0 Å². The maximum absolute atomic E-state index is 12.8. The van der Waals surface area contributed by atoms with Crippen LogP contribution in [-0.4, -0.2) is 28.9 Å². The van der Waals surface area contributed by atoms with Crippen molar-refractivity contribution in [1.82, 2.24) is 0 Å². The van der Waals surface area contributed by atoms with Crippen molar-refractivity contribution in [1.29, 1.82) is 0 Å². The van der Waals surface area contributed by atoms with E-state index in [0.29, 0.717) is 0 Å². The summed E-state index contributed by atoms with van der Waals surface area (Å²) in [5.41, 5.74) is -0.784. The van der Waals surface area contributed by atoms with Gasteiger partial charge in [0.15, 0.2) is 5.92 Å². The van der Waals surface area contributed by atoms with Crippen molar-refractivity contribution in [2.24, 2.45) is 5.92 Å². The third kappa shape index (κ3) is 7.38. The van der Waals surface area contributed by atoms with E-state index in [1.54, 1.807) is 53.7 Å². The van der Waals surface area contributed by atoms with Gasteiger partial charge in [-0.25, -0.2) is 0 Å². The van der Waals surface area contributed by atoms with Crippen molar-refractivity contribution < 1.29 is 23.9 Å². The molecule has 5 nitrogen and oxygen atoms in total. The molecule has 0 spiro atoms. The Balaban J connectivity index is 3.34. The number of ether oxygens (including phenoxy) is 2. The second kappa shape index (κ2) is 8.47. The van der Waals surface area contributed by atoms with E-state index in [2.05, 4.69) is 0 Å². The van der Waals surface area contributed by atoms with E-state index >= 15 is 0 Å². The third-order valence-electron chi connectivity index (χ3n) is 3.46. The van der Waals surface area contributed by atoms with Crippen LogP contribution < -0.4 is 0 Å². The van der Waals surface area contributed by atoms with Crippen LogP contribution >= 0.6 is 0 Å². The van der Waals surface area contributed by atoms with Gasteiger partial charge in [-0.15, -0.1) is 0 Å². The topological polar surface area (TPSA) is 69.7 Å². The summed E-state index contributed by atoms with van der Waals surface area (Å²) < 4.78 is 10.9. The highest BCUT2D eigenvalue weighted by molar-refractivity contribution is 5.97. The van der Waals surface area contributed by atoms with Gasteiger partial charge in [0.25, 0.3) is 0 Å². The third-order valence-corrected chi connectivity index (χ3v) is 3.46. The average Bonchev–Trinajstić information content (AvgIpc) is 2.43. The standard InChI is InChI=1S/C21H30O5/c1-14(22)13-16(15-11-9-8-10-12-15)17(18(23)25-20(2,3)4)19(24)26-21(5,6)7/h8-12,16-17H,13H2,1-7H3. The molecule has 0 aliphatic carbocycles. The Morgan fingerprint density at radius 1 is 0.846 bits per heavy atom. The Kier molecular flexibility index (Phi) is 7.13. The van der Waals surface area contributed by atoms with Gasteiger partial charge in [-0.3, -0.25) is 9.59 Å². The van der Waals surface area contributed by atoms with Crippen LogP contribution in [0.1, 0.15) is 66.4 Å². The Hall–Kier alpha value is -2.17. The van der Waals surface area contributed by atoms with Gasteiger partial charge in [-0.1, -0.05) is 30.3 Å². The minimum absolute atomic E-state index is 0.0488. The lowest BCUT2D eigenvalue weighted by atomic mass is 9.82. The van der Waals surface area contributed by atoms with Gasteiger partial charge in [0, 0.05) is 12.3 Å². The molecule has 1 rings (SSSR count). The normalized spacial score (nSPS) is 13.2. The van der Waals surface area contributed by atoms with Crippen LogP contribution in [0.15, 0.2) is 30.3 Å². The minimum atomic E-state index is -1.21. The molecule has 5 heteroatoms. The first-order valence-corrected chi connectivity index (χ1v) is 8.80. The molecule has 1 atom stereocenters. The molecule has 144 valence electrons. The molecule has 0 aromatic heterocycles. The minimum Gasteiger partial charge on any atom is -0.459 e. The number of ketones is 1. The van der Waals surface area contributed by atoms with Crippen molar-refractivity contribution in [3.8, 4) is 0 Å². The maximum Gasteiger partial charge on any atom is 0.321 e. The first-order chi connectivity index (χ1) is 11.8. The predicted octanol–water partition coefficient (Wildman–Crippen LogP) is 4.05. The highest BCUT2D eigenvalue weighted by Gasteiger charge is 2.41. The zero-order chi connectivity index (χ0) is 20.1. The van der Waals surface area contributed by atoms with Gasteiger partial charge in [0.2, 0.25) is 0 Å². The number of esters is 2. The second-order valence-corrected chi connectivity index (χ2v) is 8.47. The Morgan fingerprint density at radius 2 is 1.27 bits per heavy atom.